The van der Waals surface area contributed by atoms with Gasteiger partial charge in [-0.05, 0) is 65.1 Å². The Bertz CT molecular complexity index is 914. The zero-order valence-corrected chi connectivity index (χ0v) is 14.9. The lowest BCUT2D eigenvalue weighted by molar-refractivity contribution is -0.0497. The Hall–Kier alpha value is -2.56. The van der Waals surface area contributed by atoms with Crippen LogP contribution in [0.2, 0.25) is 0 Å². The van der Waals surface area contributed by atoms with Gasteiger partial charge < -0.3 is 4.74 Å². The van der Waals surface area contributed by atoms with Crippen molar-refractivity contribution < 1.29 is 22.3 Å². The molecule has 3 rings (SSSR count). The minimum absolute atomic E-state index is 0.0408. The van der Waals surface area contributed by atoms with E-state index < -0.39 is 18.2 Å². The normalized spacial score (nSPS) is 11.3. The highest BCUT2D eigenvalue weighted by atomic mass is 19.3. The Labute approximate surface area is 155 Å². The van der Waals surface area contributed by atoms with Gasteiger partial charge in [0.05, 0.1) is 5.56 Å². The molecule has 5 heteroatoms. The molecule has 0 unspecified atom stereocenters. The molecule has 0 N–H and O–H groups in total. The lowest BCUT2D eigenvalue weighted by atomic mass is 9.97. The maximum atomic E-state index is 14.6. The number of aryl methyl sites for hydroxylation is 1. The SMILES string of the molecule is CCCCCc1cc(F)c(-c2ccc3cc(OC(F)F)ccc3c2)c(F)c1. The van der Waals surface area contributed by atoms with Gasteiger partial charge in [-0.2, -0.15) is 8.78 Å². The largest absolute Gasteiger partial charge is 0.435 e. The molecule has 0 bridgehead atoms. The van der Waals surface area contributed by atoms with Crippen molar-refractivity contribution in [2.75, 3.05) is 0 Å². The fraction of sp³-hybridized carbons (Fsp3) is 0.273. The molecule has 0 aliphatic heterocycles. The van der Waals surface area contributed by atoms with Crippen LogP contribution in [0.15, 0.2) is 48.5 Å². The lowest BCUT2D eigenvalue weighted by Crippen LogP contribution is -2.01. The van der Waals surface area contributed by atoms with E-state index in [9.17, 15) is 17.6 Å². The van der Waals surface area contributed by atoms with E-state index in [4.69, 9.17) is 0 Å². The average Bonchev–Trinajstić information content (AvgIpc) is 2.61. The van der Waals surface area contributed by atoms with Crippen molar-refractivity contribution >= 4 is 10.8 Å². The number of benzene rings is 3. The van der Waals surface area contributed by atoms with Gasteiger partial charge >= 0.3 is 6.61 Å². The number of rotatable bonds is 7. The number of halogens is 4. The second-order valence-corrected chi connectivity index (χ2v) is 6.49. The first-order valence-electron chi connectivity index (χ1n) is 8.95. The quantitative estimate of drug-likeness (QED) is 0.315. The van der Waals surface area contributed by atoms with E-state index in [0.29, 0.717) is 28.3 Å². The van der Waals surface area contributed by atoms with Gasteiger partial charge in [0.15, 0.2) is 0 Å². The van der Waals surface area contributed by atoms with E-state index in [0.717, 1.165) is 19.3 Å². The minimum Gasteiger partial charge on any atom is -0.435 e. The van der Waals surface area contributed by atoms with Gasteiger partial charge in [-0.25, -0.2) is 8.78 Å². The summed E-state index contributed by atoms with van der Waals surface area (Å²) in [5, 5.41) is 1.33. The number of ether oxygens (including phenoxy) is 1. The van der Waals surface area contributed by atoms with Crippen molar-refractivity contribution in [1.82, 2.24) is 0 Å². The Kier molecular flexibility index (Phi) is 5.99. The fourth-order valence-corrected chi connectivity index (χ4v) is 3.18. The molecule has 0 radical (unpaired) electrons. The van der Waals surface area contributed by atoms with Gasteiger partial charge in [-0.15, -0.1) is 0 Å². The fourth-order valence-electron chi connectivity index (χ4n) is 3.18. The highest BCUT2D eigenvalue weighted by Gasteiger charge is 2.14. The van der Waals surface area contributed by atoms with Crippen molar-refractivity contribution in [2.24, 2.45) is 0 Å². The molecule has 27 heavy (non-hydrogen) atoms. The highest BCUT2D eigenvalue weighted by Crippen LogP contribution is 2.31. The molecule has 0 aromatic heterocycles. The predicted octanol–water partition coefficient (Wildman–Crippen LogP) is 7.12. The molecule has 0 aliphatic rings. The summed E-state index contributed by atoms with van der Waals surface area (Å²) in [6.07, 6.45) is 3.61. The third-order valence-electron chi connectivity index (χ3n) is 4.50. The van der Waals surface area contributed by atoms with Crippen LogP contribution in [-0.4, -0.2) is 6.61 Å². The van der Waals surface area contributed by atoms with Gasteiger partial charge in [-0.3, -0.25) is 0 Å². The number of unbranched alkanes of at least 4 members (excludes halogenated alkanes) is 2. The molecule has 0 spiro atoms. The van der Waals surface area contributed by atoms with Crippen molar-refractivity contribution in [3.63, 3.8) is 0 Å². The van der Waals surface area contributed by atoms with Crippen LogP contribution in [0.5, 0.6) is 5.75 Å². The van der Waals surface area contributed by atoms with Crippen LogP contribution in [0.3, 0.4) is 0 Å². The molecule has 0 amide bonds. The van der Waals surface area contributed by atoms with Crippen LogP contribution in [0, 0.1) is 11.6 Å². The van der Waals surface area contributed by atoms with E-state index in [1.54, 1.807) is 24.3 Å². The van der Waals surface area contributed by atoms with Crippen LogP contribution < -0.4 is 4.74 Å². The molecule has 0 heterocycles. The van der Waals surface area contributed by atoms with Crippen molar-refractivity contribution in [2.45, 2.75) is 39.2 Å². The van der Waals surface area contributed by atoms with E-state index in [2.05, 4.69) is 11.7 Å². The van der Waals surface area contributed by atoms with Crippen LogP contribution in [0.1, 0.15) is 31.7 Å². The lowest BCUT2D eigenvalue weighted by Gasteiger charge is -2.10. The zero-order valence-electron chi connectivity index (χ0n) is 14.9. The second kappa shape index (κ2) is 8.42. The summed E-state index contributed by atoms with van der Waals surface area (Å²) in [4.78, 5) is 0. The van der Waals surface area contributed by atoms with E-state index >= 15 is 0 Å². The summed E-state index contributed by atoms with van der Waals surface area (Å²) in [7, 11) is 0. The Morgan fingerprint density at radius 2 is 1.52 bits per heavy atom. The summed E-state index contributed by atoms with van der Waals surface area (Å²) in [6, 6.07) is 12.1. The first kappa shape index (κ1) is 19.2. The van der Waals surface area contributed by atoms with E-state index in [1.165, 1.54) is 24.3 Å². The maximum absolute atomic E-state index is 14.6. The van der Waals surface area contributed by atoms with Crippen LogP contribution in [0.25, 0.3) is 21.9 Å². The summed E-state index contributed by atoms with van der Waals surface area (Å²) in [5.41, 5.74) is 0.973. The molecule has 0 saturated carbocycles. The number of fused-ring (bicyclic) bond motifs is 1. The molecule has 0 saturated heterocycles. The minimum atomic E-state index is -2.90. The molecule has 142 valence electrons. The van der Waals surface area contributed by atoms with E-state index in [-0.39, 0.29) is 11.3 Å². The van der Waals surface area contributed by atoms with Gasteiger partial charge in [0.1, 0.15) is 17.4 Å². The summed E-state index contributed by atoms with van der Waals surface area (Å²) in [5.74, 6) is -1.16. The molecule has 3 aromatic rings. The average molecular weight is 376 g/mol. The number of hydrogen-bond acceptors (Lipinski definition) is 1. The summed E-state index contributed by atoms with van der Waals surface area (Å²) >= 11 is 0. The maximum Gasteiger partial charge on any atom is 0.387 e. The third-order valence-corrected chi connectivity index (χ3v) is 4.50. The topological polar surface area (TPSA) is 9.23 Å². The first-order chi connectivity index (χ1) is 13.0. The van der Waals surface area contributed by atoms with Crippen LogP contribution in [-0.2, 0) is 6.42 Å². The molecule has 1 nitrogen and oxygen atoms in total. The van der Waals surface area contributed by atoms with Crippen LogP contribution >= 0.6 is 0 Å². The number of alkyl halides is 2. The van der Waals surface area contributed by atoms with Crippen LogP contribution in [0.4, 0.5) is 17.6 Å². The van der Waals surface area contributed by atoms with Gasteiger partial charge in [-0.1, -0.05) is 38.0 Å². The van der Waals surface area contributed by atoms with Crippen molar-refractivity contribution in [3.8, 4) is 16.9 Å². The monoisotopic (exact) mass is 376 g/mol. The summed E-state index contributed by atoms with van der Waals surface area (Å²) in [6.45, 7) is -0.826. The smallest absolute Gasteiger partial charge is 0.387 e. The standard InChI is InChI=1S/C22H20F4O/c1-2-3-4-5-14-10-19(23)21(20(24)11-14)17-7-6-16-13-18(27-22(25)26)9-8-15(16)12-17/h6-13,22H,2-5H2,1H3. The van der Waals surface area contributed by atoms with Gasteiger partial charge in [0.25, 0.3) is 0 Å². The van der Waals surface area contributed by atoms with Gasteiger partial charge in [0.2, 0.25) is 0 Å². The molecular weight excluding hydrogens is 356 g/mol. The second-order valence-electron chi connectivity index (χ2n) is 6.49. The molecule has 0 fully saturated rings. The third kappa shape index (κ3) is 4.59. The summed E-state index contributed by atoms with van der Waals surface area (Å²) < 4.78 is 58.2. The molecular formula is C22H20F4O. The molecule has 0 atom stereocenters. The van der Waals surface area contributed by atoms with Crippen molar-refractivity contribution in [1.29, 1.82) is 0 Å². The predicted molar refractivity (Wildman–Crippen MR) is 99.2 cm³/mol. The Balaban J connectivity index is 1.92. The zero-order chi connectivity index (χ0) is 19.4. The molecule has 0 aliphatic carbocycles. The number of hydrogen-bond donors (Lipinski definition) is 0. The Morgan fingerprint density at radius 3 is 2.19 bits per heavy atom. The Morgan fingerprint density at radius 1 is 0.852 bits per heavy atom. The highest BCUT2D eigenvalue weighted by molar-refractivity contribution is 5.88. The van der Waals surface area contributed by atoms with E-state index in [1.807, 2.05) is 0 Å². The van der Waals surface area contributed by atoms with Gasteiger partial charge in [0, 0.05) is 0 Å². The molecule has 3 aromatic carbocycles. The van der Waals surface area contributed by atoms with Crippen molar-refractivity contribution in [3.05, 3.63) is 65.7 Å². The first-order valence-corrected chi connectivity index (χ1v) is 8.95.